The van der Waals surface area contributed by atoms with Crippen LogP contribution in [0.1, 0.15) is 32.4 Å². The lowest BCUT2D eigenvalue weighted by Crippen LogP contribution is -2.36. The third-order valence-electron chi connectivity index (χ3n) is 2.00. The van der Waals surface area contributed by atoms with E-state index < -0.39 is 17.7 Å². The molecule has 0 aliphatic rings. The van der Waals surface area contributed by atoms with Crippen molar-refractivity contribution in [3.63, 3.8) is 0 Å². The number of aliphatic hydroxyl groups excluding tert-OH is 1. The van der Waals surface area contributed by atoms with Gasteiger partial charge in [-0.1, -0.05) is 0 Å². The van der Waals surface area contributed by atoms with E-state index in [0.29, 0.717) is 5.56 Å². The maximum absolute atomic E-state index is 11.6. The molecule has 0 saturated carbocycles. The van der Waals surface area contributed by atoms with Crippen LogP contribution < -0.4 is 5.32 Å². The molecule has 1 rings (SSSR count). The molecule has 18 heavy (non-hydrogen) atoms. The van der Waals surface area contributed by atoms with Gasteiger partial charge in [0.25, 0.3) is 0 Å². The monoisotopic (exact) mass is 316 g/mol. The summed E-state index contributed by atoms with van der Waals surface area (Å²) >= 11 is 3.29. The molecule has 1 unspecified atom stereocenters. The molecule has 0 aromatic carbocycles. The van der Waals surface area contributed by atoms with Crippen molar-refractivity contribution in [3.05, 3.63) is 28.5 Å². The molecule has 1 atom stereocenters. The van der Waals surface area contributed by atoms with E-state index in [9.17, 15) is 9.90 Å². The standard InChI is InChI=1S/C12H17BrN2O3/c1-12(2,3)18-11(17)15-10(7-16)8-4-9(13)6-14-5-8/h4-6,10,16H,7H2,1-3H3,(H,15,17). The van der Waals surface area contributed by atoms with Gasteiger partial charge in [-0.2, -0.15) is 0 Å². The number of alkyl carbamates (subject to hydrolysis) is 1. The fourth-order valence-corrected chi connectivity index (χ4v) is 1.69. The second-order valence-electron chi connectivity index (χ2n) is 4.82. The molecule has 1 heterocycles. The normalized spacial score (nSPS) is 12.9. The molecule has 1 aromatic rings. The molecule has 0 aliphatic carbocycles. The van der Waals surface area contributed by atoms with Gasteiger partial charge >= 0.3 is 6.09 Å². The molecule has 0 saturated heterocycles. The maximum atomic E-state index is 11.6. The third kappa shape index (κ3) is 5.01. The molecular weight excluding hydrogens is 300 g/mol. The Hall–Kier alpha value is -1.14. The predicted octanol–water partition coefficient (Wildman–Crippen LogP) is 2.40. The Balaban J connectivity index is 2.71. The molecule has 6 heteroatoms. The van der Waals surface area contributed by atoms with E-state index in [4.69, 9.17) is 4.74 Å². The Morgan fingerprint density at radius 3 is 2.72 bits per heavy atom. The largest absolute Gasteiger partial charge is 0.444 e. The lowest BCUT2D eigenvalue weighted by atomic mass is 10.1. The molecule has 5 nitrogen and oxygen atoms in total. The number of hydrogen-bond donors (Lipinski definition) is 2. The number of pyridine rings is 1. The summed E-state index contributed by atoms with van der Waals surface area (Å²) in [4.78, 5) is 15.6. The highest BCUT2D eigenvalue weighted by Crippen LogP contribution is 2.17. The first-order chi connectivity index (χ1) is 8.31. The molecule has 2 N–H and O–H groups in total. The van der Waals surface area contributed by atoms with Crippen LogP contribution >= 0.6 is 15.9 Å². The molecular formula is C12H17BrN2O3. The first-order valence-corrected chi connectivity index (χ1v) is 6.32. The highest BCUT2D eigenvalue weighted by molar-refractivity contribution is 9.10. The van der Waals surface area contributed by atoms with E-state index in [2.05, 4.69) is 26.2 Å². The molecule has 0 aliphatic heterocycles. The van der Waals surface area contributed by atoms with E-state index in [-0.39, 0.29) is 6.61 Å². The number of halogens is 1. The van der Waals surface area contributed by atoms with Crippen molar-refractivity contribution in [1.29, 1.82) is 0 Å². The molecule has 1 aromatic heterocycles. The van der Waals surface area contributed by atoms with Gasteiger partial charge in [-0.25, -0.2) is 4.79 Å². The first kappa shape index (κ1) is 14.9. The number of ether oxygens (including phenoxy) is 1. The summed E-state index contributed by atoms with van der Waals surface area (Å²) in [5.74, 6) is 0. The van der Waals surface area contributed by atoms with Crippen LogP contribution in [0.15, 0.2) is 22.9 Å². The van der Waals surface area contributed by atoms with Gasteiger partial charge in [-0.15, -0.1) is 0 Å². The van der Waals surface area contributed by atoms with Crippen molar-refractivity contribution in [1.82, 2.24) is 10.3 Å². The topological polar surface area (TPSA) is 71.5 Å². The second kappa shape index (κ2) is 6.15. The van der Waals surface area contributed by atoms with Gasteiger partial charge in [0.1, 0.15) is 5.60 Å². The van der Waals surface area contributed by atoms with Crippen molar-refractivity contribution < 1.29 is 14.6 Å². The maximum Gasteiger partial charge on any atom is 0.408 e. The highest BCUT2D eigenvalue weighted by atomic mass is 79.9. The zero-order valence-corrected chi connectivity index (χ0v) is 12.2. The van der Waals surface area contributed by atoms with Crippen molar-refractivity contribution in [2.75, 3.05) is 6.61 Å². The summed E-state index contributed by atoms with van der Waals surface area (Å²) in [6.45, 7) is 5.11. The second-order valence-corrected chi connectivity index (χ2v) is 5.73. The summed E-state index contributed by atoms with van der Waals surface area (Å²) in [6, 6.07) is 1.25. The predicted molar refractivity (Wildman–Crippen MR) is 71.1 cm³/mol. The number of nitrogens with one attached hydrogen (secondary N) is 1. The summed E-state index contributed by atoms with van der Waals surface area (Å²) in [7, 11) is 0. The third-order valence-corrected chi connectivity index (χ3v) is 2.44. The van der Waals surface area contributed by atoms with Crippen molar-refractivity contribution in [3.8, 4) is 0 Å². The summed E-state index contributed by atoms with van der Waals surface area (Å²) in [6.07, 6.45) is 2.65. The number of rotatable bonds is 3. The number of aliphatic hydroxyl groups is 1. The summed E-state index contributed by atoms with van der Waals surface area (Å²) < 4.78 is 5.91. The van der Waals surface area contributed by atoms with Crippen molar-refractivity contribution in [2.45, 2.75) is 32.4 Å². The molecule has 0 spiro atoms. The first-order valence-electron chi connectivity index (χ1n) is 5.52. The van der Waals surface area contributed by atoms with Crippen LogP contribution in [-0.4, -0.2) is 28.4 Å². The van der Waals surface area contributed by atoms with Gasteiger partial charge in [0, 0.05) is 16.9 Å². The number of carbonyl (C=O) groups excluding carboxylic acids is 1. The lowest BCUT2D eigenvalue weighted by molar-refractivity contribution is 0.0481. The number of amides is 1. The minimum Gasteiger partial charge on any atom is -0.444 e. The fourth-order valence-electron chi connectivity index (χ4n) is 1.30. The van der Waals surface area contributed by atoms with Crippen LogP contribution in [0.3, 0.4) is 0 Å². The van der Waals surface area contributed by atoms with Gasteiger partial charge in [0.05, 0.1) is 12.6 Å². The van der Waals surface area contributed by atoms with Crippen LogP contribution in [0.25, 0.3) is 0 Å². The Bertz CT molecular complexity index is 418. The number of hydrogen-bond acceptors (Lipinski definition) is 4. The molecule has 0 bridgehead atoms. The van der Waals surface area contributed by atoms with Crippen LogP contribution in [0, 0.1) is 0 Å². The average molecular weight is 317 g/mol. The lowest BCUT2D eigenvalue weighted by Gasteiger charge is -2.22. The fraction of sp³-hybridized carbons (Fsp3) is 0.500. The van der Waals surface area contributed by atoms with Crippen molar-refractivity contribution >= 4 is 22.0 Å². The Kier molecular flexibility index (Phi) is 5.10. The van der Waals surface area contributed by atoms with Gasteiger partial charge in [-0.3, -0.25) is 4.98 Å². The zero-order chi connectivity index (χ0) is 13.8. The van der Waals surface area contributed by atoms with E-state index in [1.807, 2.05) is 0 Å². The summed E-state index contributed by atoms with van der Waals surface area (Å²) in [5.41, 5.74) is 0.136. The van der Waals surface area contributed by atoms with Crippen LogP contribution in [0.4, 0.5) is 4.79 Å². The van der Waals surface area contributed by atoms with Crippen LogP contribution in [0.5, 0.6) is 0 Å². The minimum atomic E-state index is -0.570. The molecule has 0 radical (unpaired) electrons. The van der Waals surface area contributed by atoms with E-state index >= 15 is 0 Å². The number of nitrogens with zero attached hydrogens (tertiary/aromatic N) is 1. The van der Waals surface area contributed by atoms with Gasteiger partial charge < -0.3 is 15.2 Å². The van der Waals surface area contributed by atoms with Gasteiger partial charge in [0.2, 0.25) is 0 Å². The summed E-state index contributed by atoms with van der Waals surface area (Å²) in [5, 5.41) is 11.9. The number of carbonyl (C=O) groups is 1. The molecule has 0 fully saturated rings. The van der Waals surface area contributed by atoms with E-state index in [0.717, 1.165) is 4.47 Å². The van der Waals surface area contributed by atoms with Crippen molar-refractivity contribution in [2.24, 2.45) is 0 Å². The molecule has 1 amide bonds. The highest BCUT2D eigenvalue weighted by Gasteiger charge is 2.20. The quantitative estimate of drug-likeness (QED) is 0.898. The zero-order valence-electron chi connectivity index (χ0n) is 10.6. The smallest absolute Gasteiger partial charge is 0.408 e. The SMILES string of the molecule is CC(C)(C)OC(=O)NC(CO)c1cncc(Br)c1. The van der Waals surface area contributed by atoms with Crippen LogP contribution in [0.2, 0.25) is 0 Å². The van der Waals surface area contributed by atoms with E-state index in [1.165, 1.54) is 0 Å². The Morgan fingerprint density at radius 1 is 1.56 bits per heavy atom. The molecule has 100 valence electrons. The van der Waals surface area contributed by atoms with Gasteiger partial charge in [0.15, 0.2) is 0 Å². The Morgan fingerprint density at radius 2 is 2.22 bits per heavy atom. The Labute approximate surface area is 115 Å². The minimum absolute atomic E-state index is 0.225. The van der Waals surface area contributed by atoms with Crippen LogP contribution in [-0.2, 0) is 4.74 Å². The van der Waals surface area contributed by atoms with E-state index in [1.54, 1.807) is 39.2 Å². The average Bonchev–Trinajstić information content (AvgIpc) is 2.23. The van der Waals surface area contributed by atoms with Gasteiger partial charge in [-0.05, 0) is 48.3 Å². The number of aromatic nitrogens is 1.